The number of carbonyl (C=O) groups excluding carboxylic acids is 2. The predicted molar refractivity (Wildman–Crippen MR) is 78.2 cm³/mol. The minimum atomic E-state index is -0.370. The first kappa shape index (κ1) is 14.3. The number of rotatable bonds is 6. The van der Waals surface area contributed by atoms with E-state index in [4.69, 9.17) is 4.74 Å². The van der Waals surface area contributed by atoms with Crippen LogP contribution in [0.2, 0.25) is 0 Å². The lowest BCUT2D eigenvalue weighted by molar-refractivity contribution is -0.143. The number of ether oxygens (including phenoxy) is 1. The maximum Gasteiger partial charge on any atom is 0.305 e. The summed E-state index contributed by atoms with van der Waals surface area (Å²) in [6.07, 6.45) is 2.87. The molecule has 0 aliphatic heterocycles. The maximum absolute atomic E-state index is 11.2. The Morgan fingerprint density at radius 2 is 1.95 bits per heavy atom. The van der Waals surface area contributed by atoms with Crippen molar-refractivity contribution < 1.29 is 14.3 Å². The van der Waals surface area contributed by atoms with Crippen molar-refractivity contribution >= 4 is 23.0 Å². The molecule has 0 aromatic heterocycles. The Kier molecular flexibility index (Phi) is 4.88. The van der Waals surface area contributed by atoms with Crippen molar-refractivity contribution in [3.8, 4) is 0 Å². The molecule has 1 atom stereocenters. The van der Waals surface area contributed by atoms with Crippen LogP contribution in [0.5, 0.6) is 0 Å². The van der Waals surface area contributed by atoms with Crippen LogP contribution in [0.4, 0.5) is 0 Å². The average Bonchev–Trinajstić information content (AvgIpc) is 2.51. The Morgan fingerprint density at radius 3 is 2.70 bits per heavy atom. The fraction of sp³-hybridized carbons (Fsp3) is 0.294. The van der Waals surface area contributed by atoms with Gasteiger partial charge in [-0.1, -0.05) is 49.4 Å². The van der Waals surface area contributed by atoms with Crippen LogP contribution >= 0.6 is 0 Å². The molecule has 0 saturated heterocycles. The molecule has 0 saturated carbocycles. The van der Waals surface area contributed by atoms with Crippen molar-refractivity contribution in [2.24, 2.45) is 0 Å². The summed E-state index contributed by atoms with van der Waals surface area (Å²) < 4.78 is 5.04. The first-order chi connectivity index (χ1) is 9.76. The molecule has 2 aromatic carbocycles. The van der Waals surface area contributed by atoms with Gasteiger partial charge in [-0.25, -0.2) is 0 Å². The van der Waals surface area contributed by atoms with E-state index in [1.165, 1.54) is 0 Å². The van der Waals surface area contributed by atoms with Crippen molar-refractivity contribution in [1.29, 1.82) is 0 Å². The summed E-state index contributed by atoms with van der Waals surface area (Å²) in [5.41, 5.74) is 0.936. The zero-order valence-electron chi connectivity index (χ0n) is 11.5. The molecule has 1 radical (unpaired) electrons. The van der Waals surface area contributed by atoms with Crippen LogP contribution in [0.25, 0.3) is 10.8 Å². The van der Waals surface area contributed by atoms with E-state index in [-0.39, 0.29) is 18.5 Å². The maximum atomic E-state index is 11.2. The van der Waals surface area contributed by atoms with E-state index in [2.05, 4.69) is 6.29 Å². The Balaban J connectivity index is 2.17. The lowest BCUT2D eigenvalue weighted by Crippen LogP contribution is -2.09. The van der Waals surface area contributed by atoms with Crippen LogP contribution in [0.3, 0.4) is 0 Å². The summed E-state index contributed by atoms with van der Waals surface area (Å²) >= 11 is 0. The van der Waals surface area contributed by atoms with E-state index in [1.807, 2.05) is 42.5 Å². The molecular weight excluding hydrogens is 252 g/mol. The SMILES string of the molecule is CCC(=O)OCCC([C]=O)c1cccc2ccccc12. The molecule has 0 aliphatic rings. The molecule has 1 unspecified atom stereocenters. The van der Waals surface area contributed by atoms with E-state index in [1.54, 1.807) is 6.92 Å². The van der Waals surface area contributed by atoms with E-state index in [0.717, 1.165) is 16.3 Å². The highest BCUT2D eigenvalue weighted by Gasteiger charge is 2.15. The standard InChI is InChI=1S/C17H17O3/c1-2-17(19)20-11-10-14(12-18)16-9-5-7-13-6-3-4-8-15(13)16/h3-9,14H,2,10-11H2,1H3. The summed E-state index contributed by atoms with van der Waals surface area (Å²) in [6.45, 7) is 1.99. The fourth-order valence-corrected chi connectivity index (χ4v) is 2.22. The molecule has 0 heterocycles. The molecule has 103 valence electrons. The summed E-state index contributed by atoms with van der Waals surface area (Å²) in [6, 6.07) is 13.8. The number of esters is 1. The van der Waals surface area contributed by atoms with E-state index in [9.17, 15) is 9.59 Å². The Morgan fingerprint density at radius 1 is 1.20 bits per heavy atom. The zero-order chi connectivity index (χ0) is 14.4. The Labute approximate surface area is 118 Å². The van der Waals surface area contributed by atoms with Crippen molar-refractivity contribution in [2.45, 2.75) is 25.7 Å². The monoisotopic (exact) mass is 269 g/mol. The van der Waals surface area contributed by atoms with Crippen LogP contribution in [0, 0.1) is 0 Å². The van der Waals surface area contributed by atoms with Crippen LogP contribution < -0.4 is 0 Å². The topological polar surface area (TPSA) is 43.4 Å². The molecule has 20 heavy (non-hydrogen) atoms. The average molecular weight is 269 g/mol. The molecule has 0 aliphatic carbocycles. The Hall–Kier alpha value is -2.16. The van der Waals surface area contributed by atoms with Gasteiger partial charge in [-0.05, 0) is 22.8 Å². The lowest BCUT2D eigenvalue weighted by Gasteiger charge is -2.13. The van der Waals surface area contributed by atoms with Crippen molar-refractivity contribution in [3.05, 3.63) is 48.0 Å². The third-order valence-corrected chi connectivity index (χ3v) is 3.30. The number of fused-ring (bicyclic) bond motifs is 1. The zero-order valence-corrected chi connectivity index (χ0v) is 11.5. The predicted octanol–water partition coefficient (Wildman–Crippen LogP) is 3.38. The quantitative estimate of drug-likeness (QED) is 0.755. The van der Waals surface area contributed by atoms with Gasteiger partial charge < -0.3 is 4.74 Å². The van der Waals surface area contributed by atoms with Gasteiger partial charge in [0.15, 0.2) is 0 Å². The molecule has 2 rings (SSSR count). The summed E-state index contributed by atoms with van der Waals surface area (Å²) in [7, 11) is 0. The summed E-state index contributed by atoms with van der Waals surface area (Å²) in [5, 5.41) is 2.14. The number of benzene rings is 2. The normalized spacial score (nSPS) is 12.1. The number of hydrogen-bond acceptors (Lipinski definition) is 3. The van der Waals surface area contributed by atoms with Gasteiger partial charge in [0.25, 0.3) is 0 Å². The largest absolute Gasteiger partial charge is 0.466 e. The molecule has 0 amide bonds. The second-order valence-corrected chi connectivity index (χ2v) is 4.60. The van der Waals surface area contributed by atoms with Crippen LogP contribution in [-0.4, -0.2) is 18.9 Å². The van der Waals surface area contributed by atoms with Crippen LogP contribution in [0.1, 0.15) is 31.2 Å². The van der Waals surface area contributed by atoms with E-state index < -0.39 is 0 Å². The third-order valence-electron chi connectivity index (χ3n) is 3.30. The highest BCUT2D eigenvalue weighted by molar-refractivity contribution is 5.88. The molecular formula is C17H17O3. The third kappa shape index (κ3) is 3.23. The van der Waals surface area contributed by atoms with Crippen molar-refractivity contribution in [2.75, 3.05) is 6.61 Å². The molecule has 3 nitrogen and oxygen atoms in total. The summed E-state index contributed by atoms with van der Waals surface area (Å²) in [4.78, 5) is 22.3. The number of carbonyl (C=O) groups is 1. The van der Waals surface area contributed by atoms with Crippen molar-refractivity contribution in [3.63, 3.8) is 0 Å². The first-order valence-electron chi connectivity index (χ1n) is 6.77. The minimum Gasteiger partial charge on any atom is -0.466 e. The molecule has 3 heteroatoms. The smallest absolute Gasteiger partial charge is 0.305 e. The second kappa shape index (κ2) is 6.85. The van der Waals surface area contributed by atoms with E-state index >= 15 is 0 Å². The molecule has 0 bridgehead atoms. The Bertz CT molecular complexity index is 599. The minimum absolute atomic E-state index is 0.243. The second-order valence-electron chi connectivity index (χ2n) is 4.60. The van der Waals surface area contributed by atoms with Gasteiger partial charge in [-0.3, -0.25) is 9.59 Å². The fourth-order valence-electron chi connectivity index (χ4n) is 2.22. The van der Waals surface area contributed by atoms with Gasteiger partial charge in [-0.15, -0.1) is 0 Å². The highest BCUT2D eigenvalue weighted by Crippen LogP contribution is 2.26. The first-order valence-corrected chi connectivity index (χ1v) is 6.77. The lowest BCUT2D eigenvalue weighted by atomic mass is 9.92. The molecule has 0 fully saturated rings. The van der Waals surface area contributed by atoms with E-state index in [0.29, 0.717) is 12.8 Å². The highest BCUT2D eigenvalue weighted by atomic mass is 16.5. The van der Waals surface area contributed by atoms with Gasteiger partial charge in [0.2, 0.25) is 6.29 Å². The van der Waals surface area contributed by atoms with Crippen LogP contribution in [-0.2, 0) is 14.3 Å². The molecule has 0 spiro atoms. The number of hydrogen-bond donors (Lipinski definition) is 0. The van der Waals surface area contributed by atoms with Gasteiger partial charge >= 0.3 is 5.97 Å². The molecule has 0 N–H and O–H groups in total. The molecule has 2 aromatic rings. The van der Waals surface area contributed by atoms with Gasteiger partial charge in [0.1, 0.15) is 0 Å². The summed E-state index contributed by atoms with van der Waals surface area (Å²) in [5.74, 6) is -0.613. The van der Waals surface area contributed by atoms with Gasteiger partial charge in [0.05, 0.1) is 12.5 Å². The van der Waals surface area contributed by atoms with Gasteiger partial charge in [-0.2, -0.15) is 0 Å². The van der Waals surface area contributed by atoms with Crippen LogP contribution in [0.15, 0.2) is 42.5 Å². The van der Waals surface area contributed by atoms with Crippen molar-refractivity contribution in [1.82, 2.24) is 0 Å². The van der Waals surface area contributed by atoms with Gasteiger partial charge in [0, 0.05) is 6.42 Å².